The first-order chi connectivity index (χ1) is 16.7. The summed E-state index contributed by atoms with van der Waals surface area (Å²) in [6.07, 6.45) is 1.62. The van der Waals surface area contributed by atoms with Gasteiger partial charge in [0.2, 0.25) is 11.8 Å². The number of ether oxygens (including phenoxy) is 3. The fraction of sp³-hybridized carbons (Fsp3) is 0.880. The van der Waals surface area contributed by atoms with Crippen LogP contribution in [0.2, 0.25) is 0 Å². The number of hydrogen-bond acceptors (Lipinski definition) is 8. The van der Waals surface area contributed by atoms with Gasteiger partial charge in [0.1, 0.15) is 17.6 Å². The van der Waals surface area contributed by atoms with E-state index >= 15 is 0 Å². The molecule has 1 spiro atoms. The molecule has 0 saturated carbocycles. The quantitative estimate of drug-likeness (QED) is 0.412. The molecular formula is C25H41N3O7. The molecule has 10 nitrogen and oxygen atoms in total. The SMILES string of the molecule is CCOC(=O)[C@H]1[C@H]2C(=O)N([C@@H](CO)CC(C)C)C(C(=O)NCCN3CCOCC3)C23CC[C@]1(C)O3. The lowest BCUT2D eigenvalue weighted by atomic mass is 9.66. The maximum absolute atomic E-state index is 14.0. The molecule has 4 fully saturated rings. The molecule has 0 aliphatic carbocycles. The average molecular weight is 496 g/mol. The number of morpholine rings is 1. The van der Waals surface area contributed by atoms with Crippen LogP contribution in [0.4, 0.5) is 0 Å². The van der Waals surface area contributed by atoms with Gasteiger partial charge in [-0.05, 0) is 39.0 Å². The monoisotopic (exact) mass is 495 g/mol. The lowest BCUT2D eigenvalue weighted by molar-refractivity contribution is -0.160. The van der Waals surface area contributed by atoms with E-state index in [9.17, 15) is 19.5 Å². The molecule has 0 aromatic heterocycles. The summed E-state index contributed by atoms with van der Waals surface area (Å²) in [6, 6.07) is -1.43. The number of likely N-dealkylation sites (tertiary alicyclic amines) is 1. The Hall–Kier alpha value is -1.75. The average Bonchev–Trinajstić information content (AvgIpc) is 3.39. The van der Waals surface area contributed by atoms with E-state index in [0.717, 1.165) is 13.1 Å². The molecule has 0 radical (unpaired) electrons. The van der Waals surface area contributed by atoms with E-state index < -0.39 is 41.1 Å². The topological polar surface area (TPSA) is 118 Å². The van der Waals surface area contributed by atoms with Gasteiger partial charge in [0.05, 0.1) is 44.0 Å². The molecule has 35 heavy (non-hydrogen) atoms. The molecule has 2 N–H and O–H groups in total. The summed E-state index contributed by atoms with van der Waals surface area (Å²) in [6.45, 7) is 11.7. The summed E-state index contributed by atoms with van der Waals surface area (Å²) in [5.74, 6) is -2.39. The molecule has 2 unspecified atom stereocenters. The molecule has 4 aliphatic rings. The maximum atomic E-state index is 14.0. The van der Waals surface area contributed by atoms with Gasteiger partial charge in [-0.3, -0.25) is 19.3 Å². The summed E-state index contributed by atoms with van der Waals surface area (Å²) in [5, 5.41) is 13.3. The molecule has 2 bridgehead atoms. The van der Waals surface area contributed by atoms with Crippen LogP contribution in [-0.2, 0) is 28.6 Å². The number of aliphatic hydroxyl groups is 1. The van der Waals surface area contributed by atoms with Crippen molar-refractivity contribution < 1.29 is 33.7 Å². The van der Waals surface area contributed by atoms with Crippen molar-refractivity contribution in [2.75, 3.05) is 52.6 Å². The normalized spacial score (nSPS) is 35.4. The standard InChI is InChI=1S/C25H41N3O7/c1-5-34-23(32)19-18-22(31)28(17(15-29)14-16(2)3)20(25(18)7-6-24(19,4)35-25)21(30)26-8-9-27-10-12-33-13-11-27/h16-20,29H,5-15H2,1-4H3,(H,26,30)/t17-,18+,19-,20?,24+,25?/m1/s1. The third-order valence-electron chi connectivity index (χ3n) is 8.18. The van der Waals surface area contributed by atoms with Gasteiger partial charge in [-0.2, -0.15) is 0 Å². The van der Waals surface area contributed by atoms with E-state index in [1.165, 1.54) is 4.90 Å². The van der Waals surface area contributed by atoms with E-state index in [2.05, 4.69) is 10.2 Å². The van der Waals surface area contributed by atoms with E-state index in [4.69, 9.17) is 14.2 Å². The highest BCUT2D eigenvalue weighted by Crippen LogP contribution is 2.63. The van der Waals surface area contributed by atoms with Crippen molar-refractivity contribution in [3.8, 4) is 0 Å². The highest BCUT2D eigenvalue weighted by molar-refractivity contribution is 5.98. The Morgan fingerprint density at radius 1 is 1.26 bits per heavy atom. The molecule has 4 heterocycles. The van der Waals surface area contributed by atoms with Crippen molar-refractivity contribution in [2.45, 2.75) is 70.2 Å². The van der Waals surface area contributed by atoms with Crippen LogP contribution in [0.15, 0.2) is 0 Å². The number of carbonyl (C=O) groups is 3. The fourth-order valence-electron chi connectivity index (χ4n) is 6.73. The largest absolute Gasteiger partial charge is 0.466 e. The Bertz CT molecular complexity index is 817. The number of rotatable bonds is 10. The second kappa shape index (κ2) is 10.3. The second-order valence-corrected chi connectivity index (χ2v) is 10.9. The predicted molar refractivity (Wildman–Crippen MR) is 126 cm³/mol. The van der Waals surface area contributed by atoms with Crippen LogP contribution < -0.4 is 5.32 Å². The molecule has 4 rings (SSSR count). The molecule has 10 heteroatoms. The summed E-state index contributed by atoms with van der Waals surface area (Å²) < 4.78 is 17.3. The third-order valence-corrected chi connectivity index (χ3v) is 8.18. The first-order valence-electron chi connectivity index (χ1n) is 13.1. The molecule has 2 amide bonds. The van der Waals surface area contributed by atoms with Crippen molar-refractivity contribution in [3.05, 3.63) is 0 Å². The minimum Gasteiger partial charge on any atom is -0.466 e. The van der Waals surface area contributed by atoms with Crippen LogP contribution in [0, 0.1) is 17.8 Å². The molecular weight excluding hydrogens is 454 g/mol. The Morgan fingerprint density at radius 2 is 1.97 bits per heavy atom. The third kappa shape index (κ3) is 4.58. The van der Waals surface area contributed by atoms with Gasteiger partial charge in [-0.1, -0.05) is 13.8 Å². The predicted octanol–water partition coefficient (Wildman–Crippen LogP) is 0.170. The number of amides is 2. The molecule has 6 atom stereocenters. The van der Waals surface area contributed by atoms with Gasteiger partial charge < -0.3 is 29.5 Å². The van der Waals surface area contributed by atoms with Crippen LogP contribution in [-0.4, -0.2) is 109 Å². The lowest BCUT2D eigenvalue weighted by Gasteiger charge is -2.37. The van der Waals surface area contributed by atoms with E-state index in [0.29, 0.717) is 45.6 Å². The molecule has 0 aromatic rings. The summed E-state index contributed by atoms with van der Waals surface area (Å²) in [7, 11) is 0. The Balaban J connectivity index is 1.62. The van der Waals surface area contributed by atoms with Crippen molar-refractivity contribution >= 4 is 17.8 Å². The van der Waals surface area contributed by atoms with Gasteiger partial charge in [0.25, 0.3) is 0 Å². The number of fused-ring (bicyclic) bond motifs is 1. The number of aliphatic hydroxyl groups excluding tert-OH is 1. The molecule has 4 saturated heterocycles. The Labute approximate surface area is 207 Å². The van der Waals surface area contributed by atoms with Gasteiger partial charge in [0.15, 0.2) is 0 Å². The Kier molecular flexibility index (Phi) is 7.76. The van der Waals surface area contributed by atoms with Crippen LogP contribution in [0.5, 0.6) is 0 Å². The van der Waals surface area contributed by atoms with E-state index in [1.54, 1.807) is 6.92 Å². The van der Waals surface area contributed by atoms with Gasteiger partial charge in [-0.15, -0.1) is 0 Å². The smallest absolute Gasteiger partial charge is 0.312 e. The van der Waals surface area contributed by atoms with Gasteiger partial charge in [0, 0.05) is 26.2 Å². The van der Waals surface area contributed by atoms with Crippen molar-refractivity contribution in [1.29, 1.82) is 0 Å². The zero-order chi connectivity index (χ0) is 25.4. The lowest BCUT2D eigenvalue weighted by Crippen LogP contribution is -2.58. The zero-order valence-electron chi connectivity index (χ0n) is 21.5. The van der Waals surface area contributed by atoms with Crippen molar-refractivity contribution in [2.24, 2.45) is 17.8 Å². The minimum atomic E-state index is -1.10. The zero-order valence-corrected chi connectivity index (χ0v) is 21.5. The first-order valence-corrected chi connectivity index (χ1v) is 13.1. The van der Waals surface area contributed by atoms with Crippen molar-refractivity contribution in [1.82, 2.24) is 15.1 Å². The number of hydrogen-bond donors (Lipinski definition) is 2. The Morgan fingerprint density at radius 3 is 2.60 bits per heavy atom. The number of nitrogens with zero attached hydrogens (tertiary/aromatic N) is 2. The van der Waals surface area contributed by atoms with Gasteiger partial charge >= 0.3 is 5.97 Å². The van der Waals surface area contributed by atoms with Crippen LogP contribution in [0.1, 0.15) is 47.0 Å². The molecule has 0 aromatic carbocycles. The number of esters is 1. The highest BCUT2D eigenvalue weighted by atomic mass is 16.6. The first kappa shape index (κ1) is 26.3. The van der Waals surface area contributed by atoms with Crippen LogP contribution in [0.25, 0.3) is 0 Å². The molecule has 198 valence electrons. The number of carbonyl (C=O) groups excluding carboxylic acids is 3. The number of nitrogens with one attached hydrogen (secondary N) is 1. The van der Waals surface area contributed by atoms with E-state index in [-0.39, 0.29) is 30.9 Å². The van der Waals surface area contributed by atoms with Gasteiger partial charge in [-0.25, -0.2) is 0 Å². The van der Waals surface area contributed by atoms with Crippen LogP contribution in [0.3, 0.4) is 0 Å². The highest BCUT2D eigenvalue weighted by Gasteiger charge is 2.78. The van der Waals surface area contributed by atoms with E-state index in [1.807, 2.05) is 20.8 Å². The summed E-state index contributed by atoms with van der Waals surface area (Å²) in [4.78, 5) is 44.5. The minimum absolute atomic E-state index is 0.207. The second-order valence-electron chi connectivity index (χ2n) is 10.9. The molecule has 4 aliphatic heterocycles. The van der Waals surface area contributed by atoms with Crippen LogP contribution >= 0.6 is 0 Å². The fourth-order valence-corrected chi connectivity index (χ4v) is 6.73. The maximum Gasteiger partial charge on any atom is 0.312 e. The summed E-state index contributed by atoms with van der Waals surface area (Å²) >= 11 is 0. The van der Waals surface area contributed by atoms with Crippen molar-refractivity contribution in [3.63, 3.8) is 0 Å². The summed E-state index contributed by atoms with van der Waals surface area (Å²) in [5.41, 5.74) is -1.95.